The first-order valence-corrected chi connectivity index (χ1v) is 7.58. The van der Waals surface area contributed by atoms with Gasteiger partial charge in [0.15, 0.2) is 0 Å². The lowest BCUT2D eigenvalue weighted by Crippen LogP contribution is -2.30. The summed E-state index contributed by atoms with van der Waals surface area (Å²) in [6.45, 7) is 10.7. The minimum atomic E-state index is 0.546. The number of hydrogen-bond acceptors (Lipinski definition) is 2. The fourth-order valence-electron chi connectivity index (χ4n) is 1.76. The van der Waals surface area contributed by atoms with Crippen molar-refractivity contribution in [2.24, 2.45) is 5.92 Å². The molecule has 0 aliphatic carbocycles. The molecule has 1 aromatic carbocycles. The first-order valence-electron chi connectivity index (χ1n) is 7.58. The normalized spacial score (nSPS) is 12.7. The Morgan fingerprint density at radius 1 is 1.05 bits per heavy atom. The molecule has 2 nitrogen and oxygen atoms in total. The van der Waals surface area contributed by atoms with Gasteiger partial charge >= 0.3 is 0 Å². The van der Waals surface area contributed by atoms with Gasteiger partial charge in [-0.3, -0.25) is 0 Å². The zero-order valence-corrected chi connectivity index (χ0v) is 12.9. The Kier molecular flexibility index (Phi) is 7.57. The Labute approximate surface area is 118 Å². The lowest BCUT2D eigenvalue weighted by atomic mass is 10.1. The molecule has 0 fully saturated rings. The summed E-state index contributed by atoms with van der Waals surface area (Å²) in [7, 11) is 0. The van der Waals surface area contributed by atoms with E-state index in [-0.39, 0.29) is 0 Å². The first-order chi connectivity index (χ1) is 9.13. The molecule has 0 aromatic heterocycles. The average molecular weight is 263 g/mol. The molecule has 108 valence electrons. The molecule has 0 aliphatic heterocycles. The van der Waals surface area contributed by atoms with Gasteiger partial charge in [0.05, 0.1) is 6.61 Å². The summed E-state index contributed by atoms with van der Waals surface area (Å²) in [6.07, 6.45) is 3.63. The van der Waals surface area contributed by atoms with Crippen LogP contribution in [0.4, 0.5) is 0 Å². The van der Waals surface area contributed by atoms with Crippen LogP contribution in [0.1, 0.15) is 52.5 Å². The van der Waals surface area contributed by atoms with Crippen molar-refractivity contribution in [3.05, 3.63) is 29.8 Å². The topological polar surface area (TPSA) is 21.3 Å². The third-order valence-corrected chi connectivity index (χ3v) is 3.57. The van der Waals surface area contributed by atoms with E-state index in [1.54, 1.807) is 0 Å². The molecule has 0 amide bonds. The van der Waals surface area contributed by atoms with E-state index in [0.717, 1.165) is 25.3 Å². The molecule has 0 spiro atoms. The van der Waals surface area contributed by atoms with Gasteiger partial charge in [-0.2, -0.15) is 0 Å². The van der Waals surface area contributed by atoms with Crippen molar-refractivity contribution in [1.29, 1.82) is 0 Å². The van der Waals surface area contributed by atoms with E-state index >= 15 is 0 Å². The van der Waals surface area contributed by atoms with Crippen LogP contribution in [0, 0.1) is 5.92 Å². The summed E-state index contributed by atoms with van der Waals surface area (Å²) >= 11 is 0. The SMILES string of the molecule is CCCCCOc1ccc(CNC(C)C(C)C)cc1. The van der Waals surface area contributed by atoms with Crippen molar-refractivity contribution in [3.63, 3.8) is 0 Å². The summed E-state index contributed by atoms with van der Waals surface area (Å²) in [5, 5.41) is 3.54. The second kappa shape index (κ2) is 8.98. The Balaban J connectivity index is 2.31. The second-order valence-electron chi connectivity index (χ2n) is 5.61. The number of ether oxygens (including phenoxy) is 1. The third kappa shape index (κ3) is 6.63. The number of nitrogens with one attached hydrogen (secondary N) is 1. The smallest absolute Gasteiger partial charge is 0.119 e. The van der Waals surface area contributed by atoms with Gasteiger partial charge in [-0.05, 0) is 37.0 Å². The largest absolute Gasteiger partial charge is 0.494 e. The number of hydrogen-bond donors (Lipinski definition) is 1. The van der Waals surface area contributed by atoms with Crippen LogP contribution in [0.25, 0.3) is 0 Å². The van der Waals surface area contributed by atoms with Crippen molar-refractivity contribution in [2.75, 3.05) is 6.61 Å². The van der Waals surface area contributed by atoms with Crippen LogP contribution in [0.3, 0.4) is 0 Å². The Morgan fingerprint density at radius 2 is 1.74 bits per heavy atom. The van der Waals surface area contributed by atoms with Crippen LogP contribution in [0.5, 0.6) is 5.75 Å². The summed E-state index contributed by atoms with van der Waals surface area (Å²) in [6, 6.07) is 8.99. The first kappa shape index (κ1) is 16.0. The molecule has 1 rings (SSSR count). The molecule has 1 N–H and O–H groups in total. The Hall–Kier alpha value is -1.02. The average Bonchev–Trinajstić information content (AvgIpc) is 2.42. The number of benzene rings is 1. The van der Waals surface area contributed by atoms with Gasteiger partial charge in [0, 0.05) is 12.6 Å². The van der Waals surface area contributed by atoms with Crippen LogP contribution in [-0.2, 0) is 6.54 Å². The van der Waals surface area contributed by atoms with Crippen LogP contribution >= 0.6 is 0 Å². The number of unbranched alkanes of at least 4 members (excludes halogenated alkanes) is 2. The fourth-order valence-corrected chi connectivity index (χ4v) is 1.76. The maximum atomic E-state index is 5.71. The van der Waals surface area contributed by atoms with E-state index in [4.69, 9.17) is 4.74 Å². The zero-order chi connectivity index (χ0) is 14.1. The monoisotopic (exact) mass is 263 g/mol. The molecular formula is C17H29NO. The highest BCUT2D eigenvalue weighted by Crippen LogP contribution is 2.13. The fraction of sp³-hybridized carbons (Fsp3) is 0.647. The second-order valence-corrected chi connectivity index (χ2v) is 5.61. The molecule has 1 unspecified atom stereocenters. The predicted molar refractivity (Wildman–Crippen MR) is 82.6 cm³/mol. The van der Waals surface area contributed by atoms with Gasteiger partial charge in [0.25, 0.3) is 0 Å². The predicted octanol–water partition coefficient (Wildman–Crippen LogP) is 4.39. The van der Waals surface area contributed by atoms with Crippen molar-refractivity contribution in [2.45, 2.75) is 59.5 Å². The van der Waals surface area contributed by atoms with Gasteiger partial charge in [0.1, 0.15) is 5.75 Å². The van der Waals surface area contributed by atoms with Gasteiger partial charge in [-0.25, -0.2) is 0 Å². The maximum Gasteiger partial charge on any atom is 0.119 e. The van der Waals surface area contributed by atoms with Gasteiger partial charge < -0.3 is 10.1 Å². The quantitative estimate of drug-likeness (QED) is 0.667. The highest BCUT2D eigenvalue weighted by Gasteiger charge is 2.05. The summed E-state index contributed by atoms with van der Waals surface area (Å²) < 4.78 is 5.71. The molecule has 0 radical (unpaired) electrons. The van der Waals surface area contributed by atoms with Crippen molar-refractivity contribution >= 4 is 0 Å². The Bertz CT molecular complexity index is 332. The maximum absolute atomic E-state index is 5.71. The highest BCUT2D eigenvalue weighted by atomic mass is 16.5. The van der Waals surface area contributed by atoms with Crippen LogP contribution < -0.4 is 10.1 Å². The van der Waals surface area contributed by atoms with Crippen molar-refractivity contribution in [3.8, 4) is 5.75 Å². The third-order valence-electron chi connectivity index (χ3n) is 3.57. The molecule has 0 heterocycles. The summed E-state index contributed by atoms with van der Waals surface area (Å²) in [5.41, 5.74) is 1.31. The van der Waals surface area contributed by atoms with Gasteiger partial charge in [-0.1, -0.05) is 45.7 Å². The zero-order valence-electron chi connectivity index (χ0n) is 12.9. The van der Waals surface area contributed by atoms with Crippen LogP contribution in [-0.4, -0.2) is 12.6 Å². The van der Waals surface area contributed by atoms with Gasteiger partial charge in [-0.15, -0.1) is 0 Å². The van der Waals surface area contributed by atoms with Crippen molar-refractivity contribution < 1.29 is 4.74 Å². The van der Waals surface area contributed by atoms with E-state index in [1.807, 2.05) is 0 Å². The van der Waals surface area contributed by atoms with E-state index in [0.29, 0.717) is 12.0 Å². The molecule has 0 aliphatic rings. The lowest BCUT2D eigenvalue weighted by Gasteiger charge is -2.17. The van der Waals surface area contributed by atoms with E-state index in [2.05, 4.69) is 57.3 Å². The minimum Gasteiger partial charge on any atom is -0.494 e. The molecule has 2 heteroatoms. The molecule has 1 atom stereocenters. The van der Waals surface area contributed by atoms with E-state index in [9.17, 15) is 0 Å². The number of rotatable bonds is 9. The molecule has 1 aromatic rings. The molecular weight excluding hydrogens is 234 g/mol. The summed E-state index contributed by atoms with van der Waals surface area (Å²) in [4.78, 5) is 0. The summed E-state index contributed by atoms with van der Waals surface area (Å²) in [5.74, 6) is 1.65. The highest BCUT2D eigenvalue weighted by molar-refractivity contribution is 5.27. The minimum absolute atomic E-state index is 0.546. The molecule has 19 heavy (non-hydrogen) atoms. The van der Waals surface area contributed by atoms with E-state index in [1.165, 1.54) is 18.4 Å². The Morgan fingerprint density at radius 3 is 2.32 bits per heavy atom. The van der Waals surface area contributed by atoms with Gasteiger partial charge in [0.2, 0.25) is 0 Å². The van der Waals surface area contributed by atoms with Crippen LogP contribution in [0.2, 0.25) is 0 Å². The van der Waals surface area contributed by atoms with Crippen LogP contribution in [0.15, 0.2) is 24.3 Å². The molecule has 0 saturated carbocycles. The lowest BCUT2D eigenvalue weighted by molar-refractivity contribution is 0.306. The van der Waals surface area contributed by atoms with Crippen molar-refractivity contribution in [1.82, 2.24) is 5.32 Å². The molecule has 0 saturated heterocycles. The standard InChI is InChI=1S/C17H29NO/c1-5-6-7-12-19-17-10-8-16(9-11-17)13-18-15(4)14(2)3/h8-11,14-15,18H,5-7,12-13H2,1-4H3. The van der Waals surface area contributed by atoms with E-state index < -0.39 is 0 Å². The molecule has 0 bridgehead atoms.